The first-order chi connectivity index (χ1) is 3.43. The SMILES string of the molecule is COC1[B]CCC1. The van der Waals surface area contributed by atoms with Crippen LogP contribution in [-0.2, 0) is 4.74 Å². The average molecular weight is 96.9 g/mol. The maximum atomic E-state index is 5.06. The maximum Gasteiger partial charge on any atom is 0.149 e. The van der Waals surface area contributed by atoms with Gasteiger partial charge in [0.15, 0.2) is 0 Å². The molecule has 0 aromatic rings. The Kier molecular flexibility index (Phi) is 1.74. The van der Waals surface area contributed by atoms with E-state index in [1.165, 1.54) is 19.2 Å². The van der Waals surface area contributed by atoms with Crippen molar-refractivity contribution in [2.75, 3.05) is 7.11 Å². The summed E-state index contributed by atoms with van der Waals surface area (Å²) in [5, 5.41) is 0. The second-order valence-electron chi connectivity index (χ2n) is 1.94. The molecule has 0 aliphatic carbocycles. The zero-order valence-corrected chi connectivity index (χ0v) is 4.68. The van der Waals surface area contributed by atoms with Crippen molar-refractivity contribution >= 4 is 7.28 Å². The van der Waals surface area contributed by atoms with Crippen molar-refractivity contribution in [3.8, 4) is 0 Å². The summed E-state index contributed by atoms with van der Waals surface area (Å²) < 4.78 is 5.06. The van der Waals surface area contributed by atoms with Crippen molar-refractivity contribution in [3.05, 3.63) is 0 Å². The Bertz CT molecular complexity index is 50.0. The first kappa shape index (κ1) is 5.17. The molecule has 1 aliphatic heterocycles. The van der Waals surface area contributed by atoms with Crippen LogP contribution in [0.2, 0.25) is 6.32 Å². The van der Waals surface area contributed by atoms with E-state index in [0.29, 0.717) is 6.00 Å². The molecule has 2 heteroatoms. The lowest BCUT2D eigenvalue weighted by Gasteiger charge is -2.01. The lowest BCUT2D eigenvalue weighted by atomic mass is 9.74. The summed E-state index contributed by atoms with van der Waals surface area (Å²) in [5.41, 5.74) is 0. The molecule has 1 heterocycles. The van der Waals surface area contributed by atoms with E-state index in [9.17, 15) is 0 Å². The Hall–Kier alpha value is 0.0249. The van der Waals surface area contributed by atoms with Gasteiger partial charge in [-0.1, -0.05) is 12.7 Å². The Labute approximate surface area is 45.3 Å². The highest BCUT2D eigenvalue weighted by Crippen LogP contribution is 2.12. The minimum absolute atomic E-state index is 0.472. The van der Waals surface area contributed by atoms with Gasteiger partial charge < -0.3 is 4.74 Å². The molecule has 1 aliphatic rings. The fraction of sp³-hybridized carbons (Fsp3) is 1.00. The molecule has 0 aromatic heterocycles. The average Bonchev–Trinajstić information content (AvgIpc) is 2.14. The molecule has 39 valence electrons. The third-order valence-electron chi connectivity index (χ3n) is 1.43. The predicted molar refractivity (Wildman–Crippen MR) is 30.6 cm³/mol. The number of hydrogen-bond donors (Lipinski definition) is 0. The van der Waals surface area contributed by atoms with Crippen molar-refractivity contribution in [1.82, 2.24) is 0 Å². The lowest BCUT2D eigenvalue weighted by molar-refractivity contribution is 0.163. The number of ether oxygens (including phenoxy) is 1. The molecule has 0 spiro atoms. The van der Waals surface area contributed by atoms with Crippen LogP contribution in [0.1, 0.15) is 12.8 Å². The first-order valence-corrected chi connectivity index (χ1v) is 2.79. The highest BCUT2D eigenvalue weighted by molar-refractivity contribution is 6.38. The summed E-state index contributed by atoms with van der Waals surface area (Å²) in [7, 11) is 4.01. The van der Waals surface area contributed by atoms with E-state index in [0.717, 1.165) is 0 Å². The highest BCUT2D eigenvalue weighted by Gasteiger charge is 2.13. The fourth-order valence-electron chi connectivity index (χ4n) is 0.955. The van der Waals surface area contributed by atoms with Crippen LogP contribution in [0.4, 0.5) is 0 Å². The number of methoxy groups -OCH3 is 1. The molecule has 0 aromatic carbocycles. The zero-order chi connectivity index (χ0) is 5.11. The second-order valence-corrected chi connectivity index (χ2v) is 1.94. The van der Waals surface area contributed by atoms with Gasteiger partial charge in [-0.05, 0) is 6.42 Å². The van der Waals surface area contributed by atoms with E-state index in [4.69, 9.17) is 4.74 Å². The fourth-order valence-corrected chi connectivity index (χ4v) is 0.955. The molecule has 0 amide bonds. The van der Waals surface area contributed by atoms with Crippen LogP contribution in [0.15, 0.2) is 0 Å². The molecule has 0 bridgehead atoms. The monoisotopic (exact) mass is 97.1 g/mol. The van der Waals surface area contributed by atoms with E-state index >= 15 is 0 Å². The van der Waals surface area contributed by atoms with Crippen molar-refractivity contribution in [1.29, 1.82) is 0 Å². The van der Waals surface area contributed by atoms with Gasteiger partial charge >= 0.3 is 0 Å². The topological polar surface area (TPSA) is 9.23 Å². The van der Waals surface area contributed by atoms with Gasteiger partial charge in [0.25, 0.3) is 0 Å². The van der Waals surface area contributed by atoms with Crippen molar-refractivity contribution < 1.29 is 4.74 Å². The summed E-state index contributed by atoms with van der Waals surface area (Å²) in [4.78, 5) is 0. The normalized spacial score (nSPS) is 30.1. The van der Waals surface area contributed by atoms with Crippen molar-refractivity contribution in [2.24, 2.45) is 0 Å². The molecule has 1 atom stereocenters. The standard InChI is InChI=1S/C5H10BO/c1-7-5-3-2-4-6-5/h5H,2-4H2,1H3. The van der Waals surface area contributed by atoms with Gasteiger partial charge in [-0.15, -0.1) is 0 Å². The summed E-state index contributed by atoms with van der Waals surface area (Å²) in [5.74, 6) is 0. The number of hydrogen-bond acceptors (Lipinski definition) is 1. The van der Waals surface area contributed by atoms with Crippen LogP contribution in [0.5, 0.6) is 0 Å². The van der Waals surface area contributed by atoms with Crippen LogP contribution in [0.25, 0.3) is 0 Å². The predicted octanol–water partition coefficient (Wildman–Crippen LogP) is 0.875. The molecule has 1 rings (SSSR count). The quantitative estimate of drug-likeness (QED) is 0.441. The Morgan fingerprint density at radius 2 is 2.57 bits per heavy atom. The third-order valence-corrected chi connectivity index (χ3v) is 1.43. The van der Waals surface area contributed by atoms with Crippen LogP contribution >= 0.6 is 0 Å². The summed E-state index contributed by atoms with van der Waals surface area (Å²) in [6.07, 6.45) is 3.80. The van der Waals surface area contributed by atoms with Gasteiger partial charge in [-0.25, -0.2) is 0 Å². The summed E-state index contributed by atoms with van der Waals surface area (Å²) in [6, 6.07) is 0.472. The second kappa shape index (κ2) is 2.36. The molecule has 1 nitrogen and oxygen atoms in total. The van der Waals surface area contributed by atoms with Gasteiger partial charge in [0.2, 0.25) is 0 Å². The Morgan fingerprint density at radius 3 is 2.86 bits per heavy atom. The molecule has 0 saturated carbocycles. The molecule has 1 radical (unpaired) electrons. The molecule has 7 heavy (non-hydrogen) atoms. The van der Waals surface area contributed by atoms with Crippen molar-refractivity contribution in [2.45, 2.75) is 25.2 Å². The maximum absolute atomic E-state index is 5.06. The lowest BCUT2D eigenvalue weighted by Crippen LogP contribution is -2.10. The van der Waals surface area contributed by atoms with Gasteiger partial charge in [0.1, 0.15) is 7.28 Å². The summed E-state index contributed by atoms with van der Waals surface area (Å²) in [6.45, 7) is 0. The van der Waals surface area contributed by atoms with Gasteiger partial charge in [0, 0.05) is 13.1 Å². The summed E-state index contributed by atoms with van der Waals surface area (Å²) >= 11 is 0. The van der Waals surface area contributed by atoms with E-state index in [1.807, 2.05) is 0 Å². The van der Waals surface area contributed by atoms with Gasteiger partial charge in [-0.3, -0.25) is 0 Å². The molecule has 1 fully saturated rings. The minimum atomic E-state index is 0.472. The molecule has 0 N–H and O–H groups in total. The number of rotatable bonds is 1. The Morgan fingerprint density at radius 1 is 1.71 bits per heavy atom. The van der Waals surface area contributed by atoms with E-state index in [-0.39, 0.29) is 0 Å². The van der Waals surface area contributed by atoms with E-state index in [2.05, 4.69) is 7.28 Å². The smallest absolute Gasteiger partial charge is 0.149 e. The van der Waals surface area contributed by atoms with Crippen LogP contribution < -0.4 is 0 Å². The largest absolute Gasteiger partial charge is 0.390 e. The third kappa shape index (κ3) is 1.20. The van der Waals surface area contributed by atoms with Crippen LogP contribution in [0, 0.1) is 0 Å². The zero-order valence-electron chi connectivity index (χ0n) is 4.68. The van der Waals surface area contributed by atoms with E-state index in [1.54, 1.807) is 7.11 Å². The first-order valence-electron chi connectivity index (χ1n) is 2.79. The van der Waals surface area contributed by atoms with Gasteiger partial charge in [-0.2, -0.15) is 0 Å². The molecular formula is C5H10BO. The Balaban J connectivity index is 2.14. The van der Waals surface area contributed by atoms with Crippen LogP contribution in [-0.4, -0.2) is 20.4 Å². The molecular weight excluding hydrogens is 86.9 g/mol. The highest BCUT2D eigenvalue weighted by atomic mass is 16.5. The molecule has 1 saturated heterocycles. The van der Waals surface area contributed by atoms with Crippen LogP contribution in [0.3, 0.4) is 0 Å². The van der Waals surface area contributed by atoms with Gasteiger partial charge in [0.05, 0.1) is 0 Å². The van der Waals surface area contributed by atoms with Crippen molar-refractivity contribution in [3.63, 3.8) is 0 Å². The minimum Gasteiger partial charge on any atom is -0.390 e. The molecule has 1 unspecified atom stereocenters. The van der Waals surface area contributed by atoms with E-state index < -0.39 is 0 Å².